The summed E-state index contributed by atoms with van der Waals surface area (Å²) in [5.41, 5.74) is 7.06. The summed E-state index contributed by atoms with van der Waals surface area (Å²) in [6.07, 6.45) is 2.57. The SMILES string of the molecule is CC[C@H](N)c1ccccc1OC(C)C(=O)N1CCCC1. The molecule has 1 aliphatic rings. The Labute approximate surface area is 120 Å². The maximum Gasteiger partial charge on any atom is 0.263 e. The molecular formula is C16H24N2O2. The van der Waals surface area contributed by atoms with Gasteiger partial charge in [-0.3, -0.25) is 4.79 Å². The minimum absolute atomic E-state index is 0.0553. The number of nitrogens with two attached hydrogens (primary N) is 1. The van der Waals surface area contributed by atoms with Gasteiger partial charge >= 0.3 is 0 Å². The second kappa shape index (κ2) is 6.75. The van der Waals surface area contributed by atoms with Crippen molar-refractivity contribution in [3.63, 3.8) is 0 Å². The van der Waals surface area contributed by atoms with E-state index in [1.807, 2.05) is 43.0 Å². The molecule has 1 fully saturated rings. The van der Waals surface area contributed by atoms with Crippen molar-refractivity contribution in [1.82, 2.24) is 4.90 Å². The van der Waals surface area contributed by atoms with Gasteiger partial charge in [-0.2, -0.15) is 0 Å². The highest BCUT2D eigenvalue weighted by Crippen LogP contribution is 2.26. The monoisotopic (exact) mass is 276 g/mol. The van der Waals surface area contributed by atoms with Gasteiger partial charge in [0.05, 0.1) is 0 Å². The molecule has 1 amide bonds. The molecular weight excluding hydrogens is 252 g/mol. The van der Waals surface area contributed by atoms with Gasteiger partial charge in [0.15, 0.2) is 6.10 Å². The molecule has 20 heavy (non-hydrogen) atoms. The summed E-state index contributed by atoms with van der Waals surface area (Å²) in [4.78, 5) is 14.2. The summed E-state index contributed by atoms with van der Waals surface area (Å²) < 4.78 is 5.87. The van der Waals surface area contributed by atoms with E-state index in [9.17, 15) is 4.79 Å². The van der Waals surface area contributed by atoms with Crippen LogP contribution < -0.4 is 10.5 Å². The largest absolute Gasteiger partial charge is 0.481 e. The highest BCUT2D eigenvalue weighted by molar-refractivity contribution is 5.81. The van der Waals surface area contributed by atoms with Crippen molar-refractivity contribution in [2.45, 2.75) is 45.3 Å². The van der Waals surface area contributed by atoms with Crippen LogP contribution in [0.1, 0.15) is 44.7 Å². The Morgan fingerprint density at radius 1 is 1.35 bits per heavy atom. The van der Waals surface area contributed by atoms with Crippen LogP contribution in [0.15, 0.2) is 24.3 Å². The van der Waals surface area contributed by atoms with Crippen molar-refractivity contribution in [3.05, 3.63) is 29.8 Å². The quantitative estimate of drug-likeness (QED) is 0.899. The number of likely N-dealkylation sites (tertiary alicyclic amines) is 1. The van der Waals surface area contributed by atoms with Crippen molar-refractivity contribution >= 4 is 5.91 Å². The number of amides is 1. The van der Waals surface area contributed by atoms with Gasteiger partial charge in [0.2, 0.25) is 0 Å². The Kier molecular flexibility index (Phi) is 5.01. The smallest absolute Gasteiger partial charge is 0.263 e. The van der Waals surface area contributed by atoms with Crippen LogP contribution in [0.5, 0.6) is 5.75 Å². The number of hydrogen-bond acceptors (Lipinski definition) is 3. The first-order chi connectivity index (χ1) is 9.63. The molecule has 0 radical (unpaired) electrons. The van der Waals surface area contributed by atoms with Crippen LogP contribution in [0.25, 0.3) is 0 Å². The van der Waals surface area contributed by atoms with Gasteiger partial charge in [-0.1, -0.05) is 25.1 Å². The molecule has 110 valence electrons. The van der Waals surface area contributed by atoms with Crippen molar-refractivity contribution in [3.8, 4) is 5.75 Å². The molecule has 0 aliphatic carbocycles. The third-order valence-corrected chi connectivity index (χ3v) is 3.83. The fourth-order valence-electron chi connectivity index (χ4n) is 2.55. The molecule has 0 spiro atoms. The lowest BCUT2D eigenvalue weighted by Crippen LogP contribution is -2.38. The van der Waals surface area contributed by atoms with Gasteiger partial charge in [0.1, 0.15) is 5.75 Å². The van der Waals surface area contributed by atoms with E-state index in [-0.39, 0.29) is 11.9 Å². The topological polar surface area (TPSA) is 55.6 Å². The first kappa shape index (κ1) is 14.9. The minimum Gasteiger partial charge on any atom is -0.481 e. The van der Waals surface area contributed by atoms with E-state index in [1.54, 1.807) is 0 Å². The number of hydrogen-bond donors (Lipinski definition) is 1. The van der Waals surface area contributed by atoms with Gasteiger partial charge < -0.3 is 15.4 Å². The van der Waals surface area contributed by atoms with E-state index in [4.69, 9.17) is 10.5 Å². The summed E-state index contributed by atoms with van der Waals surface area (Å²) >= 11 is 0. The first-order valence-electron chi connectivity index (χ1n) is 7.43. The molecule has 0 bridgehead atoms. The van der Waals surface area contributed by atoms with E-state index in [1.165, 1.54) is 0 Å². The van der Waals surface area contributed by atoms with E-state index < -0.39 is 6.10 Å². The van der Waals surface area contributed by atoms with Gasteiger partial charge in [0, 0.05) is 24.7 Å². The predicted molar refractivity (Wildman–Crippen MR) is 79.6 cm³/mol. The third-order valence-electron chi connectivity index (χ3n) is 3.83. The molecule has 1 unspecified atom stereocenters. The highest BCUT2D eigenvalue weighted by Gasteiger charge is 2.25. The standard InChI is InChI=1S/C16H24N2O2/c1-3-14(17)13-8-4-5-9-15(13)20-12(2)16(19)18-10-6-7-11-18/h4-5,8-9,12,14H,3,6-7,10-11,17H2,1-2H3/t12?,14-/m0/s1. The molecule has 1 saturated heterocycles. The normalized spacial score (nSPS) is 17.9. The van der Waals surface area contributed by atoms with Crippen LogP contribution >= 0.6 is 0 Å². The molecule has 1 aromatic rings. The Hall–Kier alpha value is -1.55. The lowest BCUT2D eigenvalue weighted by molar-refractivity contribution is -0.136. The van der Waals surface area contributed by atoms with Crippen LogP contribution in [0.4, 0.5) is 0 Å². The molecule has 1 aromatic carbocycles. The zero-order valence-electron chi connectivity index (χ0n) is 12.3. The van der Waals surface area contributed by atoms with Crippen LogP contribution in [0.3, 0.4) is 0 Å². The zero-order valence-corrected chi connectivity index (χ0v) is 12.3. The molecule has 2 rings (SSSR count). The van der Waals surface area contributed by atoms with Gasteiger partial charge in [-0.25, -0.2) is 0 Å². The average Bonchev–Trinajstić information content (AvgIpc) is 3.00. The summed E-state index contributed by atoms with van der Waals surface area (Å²) in [7, 11) is 0. The minimum atomic E-state index is -0.460. The predicted octanol–water partition coefficient (Wildman–Crippen LogP) is 2.49. The lowest BCUT2D eigenvalue weighted by Gasteiger charge is -2.23. The van der Waals surface area contributed by atoms with Crippen molar-refractivity contribution in [2.24, 2.45) is 5.73 Å². The molecule has 4 heteroatoms. The Morgan fingerprint density at radius 2 is 2.00 bits per heavy atom. The van der Waals surface area contributed by atoms with Crippen LogP contribution in [-0.2, 0) is 4.79 Å². The van der Waals surface area contributed by atoms with E-state index >= 15 is 0 Å². The number of rotatable bonds is 5. The Morgan fingerprint density at radius 3 is 2.65 bits per heavy atom. The number of nitrogens with zero attached hydrogens (tertiary/aromatic N) is 1. The maximum absolute atomic E-state index is 12.3. The van der Waals surface area contributed by atoms with E-state index in [0.717, 1.165) is 43.7 Å². The molecule has 2 atom stereocenters. The van der Waals surface area contributed by atoms with Crippen molar-refractivity contribution in [1.29, 1.82) is 0 Å². The summed E-state index contributed by atoms with van der Waals surface area (Å²) in [5.74, 6) is 0.796. The number of benzene rings is 1. The third kappa shape index (κ3) is 3.31. The fraction of sp³-hybridized carbons (Fsp3) is 0.562. The average molecular weight is 276 g/mol. The van der Waals surface area contributed by atoms with E-state index in [0.29, 0.717) is 0 Å². The molecule has 2 N–H and O–H groups in total. The Balaban J connectivity index is 2.07. The molecule has 0 aromatic heterocycles. The first-order valence-corrected chi connectivity index (χ1v) is 7.43. The fourth-order valence-corrected chi connectivity index (χ4v) is 2.55. The maximum atomic E-state index is 12.3. The van der Waals surface area contributed by atoms with Crippen LogP contribution in [-0.4, -0.2) is 30.0 Å². The highest BCUT2D eigenvalue weighted by atomic mass is 16.5. The van der Waals surface area contributed by atoms with Crippen LogP contribution in [0, 0.1) is 0 Å². The van der Waals surface area contributed by atoms with Crippen molar-refractivity contribution in [2.75, 3.05) is 13.1 Å². The van der Waals surface area contributed by atoms with Gasteiger partial charge in [0.25, 0.3) is 5.91 Å². The van der Waals surface area contributed by atoms with Gasteiger partial charge in [-0.05, 0) is 32.3 Å². The molecule has 0 saturated carbocycles. The number of para-hydroxylation sites is 1. The zero-order chi connectivity index (χ0) is 14.5. The number of carbonyl (C=O) groups excluding carboxylic acids is 1. The van der Waals surface area contributed by atoms with Gasteiger partial charge in [-0.15, -0.1) is 0 Å². The Bertz CT molecular complexity index is 456. The second-order valence-electron chi connectivity index (χ2n) is 5.35. The molecule has 4 nitrogen and oxygen atoms in total. The summed E-state index contributed by atoms with van der Waals surface area (Å²) in [5, 5.41) is 0. The number of ether oxygens (including phenoxy) is 1. The summed E-state index contributed by atoms with van der Waals surface area (Å²) in [6.45, 7) is 5.56. The van der Waals surface area contributed by atoms with E-state index in [2.05, 4.69) is 0 Å². The molecule has 1 aliphatic heterocycles. The summed E-state index contributed by atoms with van der Waals surface area (Å²) in [6, 6.07) is 7.66. The number of carbonyl (C=O) groups is 1. The second-order valence-corrected chi connectivity index (χ2v) is 5.35. The molecule has 1 heterocycles. The lowest BCUT2D eigenvalue weighted by atomic mass is 10.0. The van der Waals surface area contributed by atoms with Crippen molar-refractivity contribution < 1.29 is 9.53 Å². The van der Waals surface area contributed by atoms with Crippen LogP contribution in [0.2, 0.25) is 0 Å².